The minimum absolute atomic E-state index is 0.771. The van der Waals surface area contributed by atoms with E-state index in [2.05, 4.69) is 22.5 Å². The average Bonchev–Trinajstić information content (AvgIpc) is 2.20. The fraction of sp³-hybridized carbons (Fsp3) is 0.273. The summed E-state index contributed by atoms with van der Waals surface area (Å²) in [6.07, 6.45) is 2.61. The zero-order valence-corrected chi connectivity index (χ0v) is 9.93. The molecular formula is C11H13BrO2. The van der Waals surface area contributed by atoms with Gasteiger partial charge in [0.15, 0.2) is 0 Å². The molecule has 1 rings (SSSR count). The molecule has 0 saturated heterocycles. The maximum absolute atomic E-state index is 5.24. The lowest BCUT2D eigenvalue weighted by atomic mass is 10.1. The Morgan fingerprint density at radius 2 is 1.93 bits per heavy atom. The second kappa shape index (κ2) is 5.05. The molecule has 3 heteroatoms. The van der Waals surface area contributed by atoms with Gasteiger partial charge in [-0.3, -0.25) is 0 Å². The van der Waals surface area contributed by atoms with Gasteiger partial charge in [-0.1, -0.05) is 6.08 Å². The predicted molar refractivity (Wildman–Crippen MR) is 61.1 cm³/mol. The zero-order chi connectivity index (χ0) is 10.6. The summed E-state index contributed by atoms with van der Waals surface area (Å²) in [7, 11) is 3.30. The average molecular weight is 257 g/mol. The molecule has 0 atom stereocenters. The van der Waals surface area contributed by atoms with Crippen molar-refractivity contribution in [3.8, 4) is 11.5 Å². The maximum Gasteiger partial charge on any atom is 0.133 e. The molecule has 76 valence electrons. The Morgan fingerprint density at radius 1 is 1.29 bits per heavy atom. The molecule has 0 aliphatic carbocycles. The summed E-state index contributed by atoms with van der Waals surface area (Å²) in [6.45, 7) is 3.70. The second-order valence-corrected chi connectivity index (χ2v) is 3.65. The van der Waals surface area contributed by atoms with Gasteiger partial charge in [0.2, 0.25) is 0 Å². The predicted octanol–water partition coefficient (Wildman–Crippen LogP) is 3.19. The van der Waals surface area contributed by atoms with Crippen molar-refractivity contribution in [1.82, 2.24) is 0 Å². The molecule has 0 spiro atoms. The fourth-order valence-electron chi connectivity index (χ4n) is 1.24. The van der Waals surface area contributed by atoms with Crippen LogP contribution >= 0.6 is 15.9 Å². The molecule has 0 amide bonds. The van der Waals surface area contributed by atoms with Gasteiger partial charge in [-0.05, 0) is 34.5 Å². The molecule has 0 fully saturated rings. The number of rotatable bonds is 4. The Balaban J connectivity index is 3.17. The lowest BCUT2D eigenvalue weighted by molar-refractivity contribution is 0.397. The number of benzene rings is 1. The van der Waals surface area contributed by atoms with Crippen LogP contribution in [0.4, 0.5) is 0 Å². The van der Waals surface area contributed by atoms with Crippen molar-refractivity contribution in [3.63, 3.8) is 0 Å². The van der Waals surface area contributed by atoms with Crippen molar-refractivity contribution < 1.29 is 9.47 Å². The first-order valence-corrected chi connectivity index (χ1v) is 5.03. The highest BCUT2D eigenvalue weighted by molar-refractivity contribution is 9.10. The van der Waals surface area contributed by atoms with Crippen LogP contribution in [0.3, 0.4) is 0 Å². The lowest BCUT2D eigenvalue weighted by Crippen LogP contribution is -1.93. The first-order valence-electron chi connectivity index (χ1n) is 4.24. The zero-order valence-electron chi connectivity index (χ0n) is 8.34. The van der Waals surface area contributed by atoms with Gasteiger partial charge in [0, 0.05) is 5.56 Å². The van der Waals surface area contributed by atoms with Gasteiger partial charge in [0.1, 0.15) is 11.5 Å². The van der Waals surface area contributed by atoms with E-state index in [0.717, 1.165) is 28.0 Å². The van der Waals surface area contributed by atoms with Crippen LogP contribution in [0.15, 0.2) is 29.3 Å². The van der Waals surface area contributed by atoms with Crippen molar-refractivity contribution in [1.29, 1.82) is 0 Å². The molecule has 0 aliphatic rings. The molecule has 14 heavy (non-hydrogen) atoms. The van der Waals surface area contributed by atoms with E-state index in [1.807, 2.05) is 18.2 Å². The van der Waals surface area contributed by atoms with Crippen LogP contribution < -0.4 is 9.47 Å². The monoisotopic (exact) mass is 256 g/mol. The third kappa shape index (κ3) is 2.29. The number of hydrogen-bond donors (Lipinski definition) is 0. The summed E-state index contributed by atoms with van der Waals surface area (Å²) >= 11 is 3.40. The Bertz CT molecular complexity index is 334. The maximum atomic E-state index is 5.24. The van der Waals surface area contributed by atoms with E-state index in [1.54, 1.807) is 14.2 Å². The minimum atomic E-state index is 0.771. The van der Waals surface area contributed by atoms with Crippen LogP contribution in [-0.2, 0) is 6.42 Å². The molecule has 0 aromatic heterocycles. The summed E-state index contributed by atoms with van der Waals surface area (Å²) in [5, 5.41) is 0. The van der Waals surface area contributed by atoms with Gasteiger partial charge >= 0.3 is 0 Å². The van der Waals surface area contributed by atoms with Crippen LogP contribution in [0.2, 0.25) is 0 Å². The Kier molecular flexibility index (Phi) is 4.01. The standard InChI is InChI=1S/C11H13BrO2/c1-4-5-8-6-11(14-3)9(12)7-10(8)13-2/h4,6-7H,1,5H2,2-3H3. The third-order valence-electron chi connectivity index (χ3n) is 1.92. The molecule has 1 aromatic rings. The number of hydrogen-bond acceptors (Lipinski definition) is 2. The minimum Gasteiger partial charge on any atom is -0.496 e. The SMILES string of the molecule is C=CCc1cc(OC)c(Br)cc1OC. The smallest absolute Gasteiger partial charge is 0.133 e. The van der Waals surface area contributed by atoms with Gasteiger partial charge in [-0.2, -0.15) is 0 Å². The molecular weight excluding hydrogens is 244 g/mol. The van der Waals surface area contributed by atoms with Gasteiger partial charge in [0.25, 0.3) is 0 Å². The molecule has 1 aromatic carbocycles. The van der Waals surface area contributed by atoms with Crippen LogP contribution in [0.25, 0.3) is 0 Å². The van der Waals surface area contributed by atoms with Gasteiger partial charge < -0.3 is 9.47 Å². The summed E-state index contributed by atoms with van der Waals surface area (Å²) in [5.74, 6) is 1.65. The first kappa shape index (κ1) is 11.1. The number of methoxy groups -OCH3 is 2. The molecule has 0 unspecified atom stereocenters. The molecule has 0 bridgehead atoms. The van der Waals surface area contributed by atoms with E-state index >= 15 is 0 Å². The number of ether oxygens (including phenoxy) is 2. The largest absolute Gasteiger partial charge is 0.496 e. The van der Waals surface area contributed by atoms with Crippen LogP contribution in [0.1, 0.15) is 5.56 Å². The summed E-state index contributed by atoms with van der Waals surface area (Å²) in [6, 6.07) is 3.85. The molecule has 0 N–H and O–H groups in total. The molecule has 0 heterocycles. The van der Waals surface area contributed by atoms with Crippen LogP contribution in [0, 0.1) is 0 Å². The van der Waals surface area contributed by atoms with Gasteiger partial charge in [-0.15, -0.1) is 6.58 Å². The third-order valence-corrected chi connectivity index (χ3v) is 2.54. The van der Waals surface area contributed by atoms with E-state index in [1.165, 1.54) is 0 Å². The molecule has 0 saturated carbocycles. The van der Waals surface area contributed by atoms with Gasteiger partial charge in [0.05, 0.1) is 18.7 Å². The Hall–Kier alpha value is -0.960. The fourth-order valence-corrected chi connectivity index (χ4v) is 1.72. The van der Waals surface area contributed by atoms with Crippen LogP contribution in [0.5, 0.6) is 11.5 Å². The molecule has 0 radical (unpaired) electrons. The van der Waals surface area contributed by atoms with Gasteiger partial charge in [-0.25, -0.2) is 0 Å². The quantitative estimate of drug-likeness (QED) is 0.771. The molecule has 2 nitrogen and oxygen atoms in total. The normalized spacial score (nSPS) is 9.64. The topological polar surface area (TPSA) is 18.5 Å². The summed E-state index contributed by atoms with van der Waals surface area (Å²) in [4.78, 5) is 0. The molecule has 0 aliphatic heterocycles. The highest BCUT2D eigenvalue weighted by Gasteiger charge is 2.07. The van der Waals surface area contributed by atoms with E-state index in [9.17, 15) is 0 Å². The highest BCUT2D eigenvalue weighted by Crippen LogP contribution is 2.32. The first-order chi connectivity index (χ1) is 6.72. The number of allylic oxidation sites excluding steroid dienone is 1. The van der Waals surface area contributed by atoms with E-state index in [-0.39, 0.29) is 0 Å². The summed E-state index contributed by atoms with van der Waals surface area (Å²) < 4.78 is 11.3. The summed E-state index contributed by atoms with van der Waals surface area (Å²) in [5.41, 5.74) is 1.07. The van der Waals surface area contributed by atoms with E-state index in [0.29, 0.717) is 0 Å². The lowest BCUT2D eigenvalue weighted by Gasteiger charge is -2.10. The van der Waals surface area contributed by atoms with Crippen molar-refractivity contribution in [2.45, 2.75) is 6.42 Å². The van der Waals surface area contributed by atoms with E-state index in [4.69, 9.17) is 9.47 Å². The second-order valence-electron chi connectivity index (χ2n) is 2.79. The Morgan fingerprint density at radius 3 is 2.43 bits per heavy atom. The van der Waals surface area contributed by atoms with Crippen molar-refractivity contribution in [2.75, 3.05) is 14.2 Å². The van der Waals surface area contributed by atoms with Crippen molar-refractivity contribution >= 4 is 15.9 Å². The van der Waals surface area contributed by atoms with Crippen molar-refractivity contribution in [3.05, 3.63) is 34.8 Å². The van der Waals surface area contributed by atoms with E-state index < -0.39 is 0 Å². The highest BCUT2D eigenvalue weighted by atomic mass is 79.9. The number of halogens is 1. The Labute approximate surface area is 92.7 Å². The van der Waals surface area contributed by atoms with Crippen molar-refractivity contribution in [2.24, 2.45) is 0 Å². The van der Waals surface area contributed by atoms with Crippen LogP contribution in [-0.4, -0.2) is 14.2 Å².